The fourth-order valence-electron chi connectivity index (χ4n) is 1.62. The fraction of sp³-hybridized carbons (Fsp3) is 0.429. The van der Waals surface area contributed by atoms with Crippen molar-refractivity contribution in [1.29, 1.82) is 0 Å². The highest BCUT2D eigenvalue weighted by Crippen LogP contribution is 2.16. The Kier molecular flexibility index (Phi) is 9.64. The van der Waals surface area contributed by atoms with Crippen molar-refractivity contribution in [1.82, 2.24) is 5.32 Å². The van der Waals surface area contributed by atoms with Crippen molar-refractivity contribution in [3.05, 3.63) is 29.6 Å². The minimum Gasteiger partial charge on any atom is -0.480 e. The molecule has 1 amide bonds. The molecule has 0 saturated carbocycles. The number of carboxylic acids is 1. The standard InChI is InChI=1S/C14H19FN2O4.2ClH/c1-14(2,3)21-13(20)17-11(12(18)19)6-8-4-5-9(15)7-10(8)16;;/h4-5,7,11H,6,16H2,1-3H3,(H,17,20)(H,18,19);2*1H/t11-;;/m0../s1. The number of carboxylic acid groups (broad SMARTS) is 1. The molecule has 0 saturated heterocycles. The number of nitrogen functional groups attached to an aromatic ring is 1. The molecular weight excluding hydrogens is 350 g/mol. The summed E-state index contributed by atoms with van der Waals surface area (Å²) in [5, 5.41) is 11.4. The monoisotopic (exact) mass is 370 g/mol. The van der Waals surface area contributed by atoms with Crippen molar-refractivity contribution in [2.24, 2.45) is 0 Å². The molecule has 6 nitrogen and oxygen atoms in total. The highest BCUT2D eigenvalue weighted by molar-refractivity contribution is 5.85. The molecule has 0 aliphatic heterocycles. The van der Waals surface area contributed by atoms with E-state index in [0.717, 1.165) is 6.07 Å². The molecule has 0 unspecified atom stereocenters. The van der Waals surface area contributed by atoms with E-state index in [4.69, 9.17) is 15.6 Å². The van der Waals surface area contributed by atoms with Gasteiger partial charge in [-0.25, -0.2) is 14.0 Å². The summed E-state index contributed by atoms with van der Waals surface area (Å²) >= 11 is 0. The lowest BCUT2D eigenvalue weighted by Gasteiger charge is -2.22. The van der Waals surface area contributed by atoms with Gasteiger partial charge in [0.05, 0.1) is 0 Å². The second kappa shape index (κ2) is 9.42. The van der Waals surface area contributed by atoms with Crippen molar-refractivity contribution in [2.45, 2.75) is 38.8 Å². The maximum absolute atomic E-state index is 13.0. The van der Waals surface area contributed by atoms with Crippen molar-refractivity contribution >= 4 is 42.6 Å². The van der Waals surface area contributed by atoms with E-state index in [1.165, 1.54) is 12.1 Å². The van der Waals surface area contributed by atoms with Crippen LogP contribution in [0.15, 0.2) is 18.2 Å². The number of ether oxygens (including phenoxy) is 1. The third-order valence-electron chi connectivity index (χ3n) is 2.52. The molecule has 23 heavy (non-hydrogen) atoms. The third-order valence-corrected chi connectivity index (χ3v) is 2.52. The van der Waals surface area contributed by atoms with Gasteiger partial charge in [0, 0.05) is 12.1 Å². The number of carbonyl (C=O) groups is 2. The molecule has 0 radical (unpaired) electrons. The van der Waals surface area contributed by atoms with Crippen LogP contribution >= 0.6 is 24.8 Å². The van der Waals surface area contributed by atoms with Crippen molar-refractivity contribution in [2.75, 3.05) is 5.73 Å². The lowest BCUT2D eigenvalue weighted by molar-refractivity contribution is -0.139. The minimum absolute atomic E-state index is 0. The zero-order chi connectivity index (χ0) is 16.2. The summed E-state index contributed by atoms with van der Waals surface area (Å²) in [6, 6.07) is 2.45. The van der Waals surface area contributed by atoms with E-state index >= 15 is 0 Å². The smallest absolute Gasteiger partial charge is 0.408 e. The topological polar surface area (TPSA) is 102 Å². The number of hydrogen-bond donors (Lipinski definition) is 3. The number of benzene rings is 1. The maximum atomic E-state index is 13.0. The summed E-state index contributed by atoms with van der Waals surface area (Å²) < 4.78 is 18.0. The van der Waals surface area contributed by atoms with Crippen LogP contribution in [0.2, 0.25) is 0 Å². The average molecular weight is 371 g/mol. The Bertz CT molecular complexity index is 550. The van der Waals surface area contributed by atoms with Gasteiger partial charge in [0.1, 0.15) is 17.5 Å². The molecule has 0 aromatic heterocycles. The lowest BCUT2D eigenvalue weighted by Crippen LogP contribution is -2.44. The fourth-order valence-corrected chi connectivity index (χ4v) is 1.62. The van der Waals surface area contributed by atoms with E-state index < -0.39 is 29.5 Å². The van der Waals surface area contributed by atoms with Gasteiger partial charge in [-0.05, 0) is 38.5 Å². The molecule has 0 bridgehead atoms. The number of aliphatic carboxylic acids is 1. The first-order valence-corrected chi connectivity index (χ1v) is 6.34. The third kappa shape index (κ3) is 8.47. The van der Waals surface area contributed by atoms with Crippen molar-refractivity contribution < 1.29 is 23.8 Å². The molecule has 1 aromatic carbocycles. The average Bonchev–Trinajstić information content (AvgIpc) is 2.28. The number of nitrogens with one attached hydrogen (secondary N) is 1. The molecule has 4 N–H and O–H groups in total. The molecule has 1 rings (SSSR count). The summed E-state index contributed by atoms with van der Waals surface area (Å²) in [5.41, 5.74) is 5.45. The van der Waals surface area contributed by atoms with E-state index in [0.29, 0.717) is 5.56 Å². The number of rotatable bonds is 4. The Labute approximate surface area is 146 Å². The van der Waals surface area contributed by atoms with E-state index in [1.807, 2.05) is 0 Å². The first kappa shape index (κ1) is 23.5. The van der Waals surface area contributed by atoms with Gasteiger partial charge < -0.3 is 20.9 Å². The number of halogens is 3. The van der Waals surface area contributed by atoms with Crippen LogP contribution in [0.5, 0.6) is 0 Å². The Morgan fingerprint density at radius 3 is 2.35 bits per heavy atom. The van der Waals surface area contributed by atoms with Crippen molar-refractivity contribution in [3.8, 4) is 0 Å². The predicted octanol–water partition coefficient (Wildman–Crippen LogP) is 2.77. The number of carbonyl (C=O) groups excluding carboxylic acids is 1. The first-order chi connectivity index (χ1) is 9.58. The summed E-state index contributed by atoms with van der Waals surface area (Å²) in [5.74, 6) is -1.74. The van der Waals surface area contributed by atoms with Gasteiger partial charge >= 0.3 is 12.1 Å². The number of nitrogens with two attached hydrogens (primary N) is 1. The van der Waals surface area contributed by atoms with Crippen LogP contribution in [0.3, 0.4) is 0 Å². The molecule has 0 heterocycles. The number of anilines is 1. The van der Waals surface area contributed by atoms with Crippen LogP contribution in [-0.2, 0) is 16.0 Å². The van der Waals surface area contributed by atoms with Gasteiger partial charge in [-0.15, -0.1) is 24.8 Å². The molecule has 1 aromatic rings. The van der Waals surface area contributed by atoms with E-state index in [9.17, 15) is 14.0 Å². The van der Waals surface area contributed by atoms with E-state index in [2.05, 4.69) is 5.32 Å². The molecule has 0 aliphatic carbocycles. The van der Waals surface area contributed by atoms with Crippen LogP contribution in [0.1, 0.15) is 26.3 Å². The Morgan fingerprint density at radius 2 is 1.91 bits per heavy atom. The number of hydrogen-bond acceptors (Lipinski definition) is 4. The van der Waals surface area contributed by atoms with Crippen LogP contribution < -0.4 is 11.1 Å². The van der Waals surface area contributed by atoms with Gasteiger partial charge in [-0.1, -0.05) is 6.07 Å². The van der Waals surface area contributed by atoms with Gasteiger partial charge in [0.25, 0.3) is 0 Å². The second-order valence-electron chi connectivity index (χ2n) is 5.58. The summed E-state index contributed by atoms with van der Waals surface area (Å²) in [6.45, 7) is 5.00. The quantitative estimate of drug-likeness (QED) is 0.707. The highest BCUT2D eigenvalue weighted by atomic mass is 35.5. The Hall–Kier alpha value is -1.73. The zero-order valence-corrected chi connectivity index (χ0v) is 14.6. The van der Waals surface area contributed by atoms with Gasteiger partial charge in [0.15, 0.2) is 0 Å². The molecular formula is C14H21Cl2FN2O4. The molecule has 9 heteroatoms. The maximum Gasteiger partial charge on any atom is 0.408 e. The summed E-state index contributed by atoms with van der Waals surface area (Å²) in [4.78, 5) is 22.8. The summed E-state index contributed by atoms with van der Waals surface area (Å²) in [7, 11) is 0. The van der Waals surface area contributed by atoms with Crippen LogP contribution in [0.25, 0.3) is 0 Å². The highest BCUT2D eigenvalue weighted by Gasteiger charge is 2.24. The molecule has 0 fully saturated rings. The van der Waals surface area contributed by atoms with Crippen LogP contribution in [0.4, 0.5) is 14.9 Å². The molecule has 0 spiro atoms. The minimum atomic E-state index is -1.23. The van der Waals surface area contributed by atoms with Gasteiger partial charge in [-0.2, -0.15) is 0 Å². The molecule has 132 valence electrons. The number of alkyl carbamates (subject to hydrolysis) is 1. The van der Waals surface area contributed by atoms with Gasteiger partial charge in [0.2, 0.25) is 0 Å². The second-order valence-corrected chi connectivity index (χ2v) is 5.58. The molecule has 0 aliphatic rings. The van der Waals surface area contributed by atoms with E-state index in [-0.39, 0.29) is 36.9 Å². The van der Waals surface area contributed by atoms with Crippen molar-refractivity contribution in [3.63, 3.8) is 0 Å². The summed E-state index contributed by atoms with van der Waals surface area (Å²) in [6.07, 6.45) is -0.906. The Balaban J connectivity index is 0. The first-order valence-electron chi connectivity index (χ1n) is 6.34. The number of amides is 1. The predicted molar refractivity (Wildman–Crippen MR) is 89.8 cm³/mol. The normalized spacial score (nSPS) is 11.5. The largest absolute Gasteiger partial charge is 0.480 e. The zero-order valence-electron chi connectivity index (χ0n) is 13.0. The lowest BCUT2D eigenvalue weighted by atomic mass is 10.0. The SMILES string of the molecule is CC(C)(C)OC(=O)N[C@@H](Cc1ccc(F)cc1N)C(=O)O.Cl.Cl. The Morgan fingerprint density at radius 1 is 1.35 bits per heavy atom. The van der Waals surface area contributed by atoms with Crippen LogP contribution in [0, 0.1) is 5.82 Å². The van der Waals surface area contributed by atoms with Gasteiger partial charge in [-0.3, -0.25) is 0 Å². The van der Waals surface area contributed by atoms with E-state index in [1.54, 1.807) is 20.8 Å². The molecule has 1 atom stereocenters. The van der Waals surface area contributed by atoms with Crippen LogP contribution in [-0.4, -0.2) is 28.8 Å².